The maximum atomic E-state index is 14.7. The normalized spacial score (nSPS) is 12.5. The van der Waals surface area contributed by atoms with E-state index in [1.807, 2.05) is 50.2 Å². The standard InChI is InChI=1S/C36H39Cl2N3O5S/c1-4-26(3)39-36(43)33(23-27-12-7-6-8-13-27)40(24-28-14-11-15-30(38)22-28)35(42)25-41(32-16-9-10-17-34(32)46-5-2)47(44,45)31-20-18-29(37)19-21-31/h6-22,26,33H,4-5,23-25H2,1-3H3,(H,39,43). The Morgan fingerprint density at radius 2 is 1.49 bits per heavy atom. The Balaban J connectivity index is 1.84. The third-order valence-electron chi connectivity index (χ3n) is 7.63. The summed E-state index contributed by atoms with van der Waals surface area (Å²) in [4.78, 5) is 30.0. The molecule has 0 aliphatic rings. The van der Waals surface area contributed by atoms with E-state index in [0.717, 1.165) is 9.87 Å². The minimum atomic E-state index is -4.32. The van der Waals surface area contributed by atoms with Crippen molar-refractivity contribution in [2.24, 2.45) is 0 Å². The maximum Gasteiger partial charge on any atom is 0.264 e. The summed E-state index contributed by atoms with van der Waals surface area (Å²) in [6.07, 6.45) is 0.891. The van der Waals surface area contributed by atoms with Crippen molar-refractivity contribution in [3.05, 3.63) is 124 Å². The summed E-state index contributed by atoms with van der Waals surface area (Å²) >= 11 is 12.4. The molecule has 0 spiro atoms. The molecule has 0 bridgehead atoms. The van der Waals surface area contributed by atoms with Crippen LogP contribution in [0.2, 0.25) is 10.0 Å². The lowest BCUT2D eigenvalue weighted by Crippen LogP contribution is -2.54. The predicted molar refractivity (Wildman–Crippen MR) is 187 cm³/mol. The number of carbonyl (C=O) groups is 2. The van der Waals surface area contributed by atoms with Crippen LogP contribution in [0, 0.1) is 0 Å². The van der Waals surface area contributed by atoms with Crippen molar-refractivity contribution in [3.63, 3.8) is 0 Å². The van der Waals surface area contributed by atoms with Crippen molar-refractivity contribution in [2.45, 2.75) is 57.1 Å². The number of nitrogens with zero attached hydrogens (tertiary/aromatic N) is 2. The van der Waals surface area contributed by atoms with Gasteiger partial charge in [0.05, 0.1) is 17.2 Å². The number of halogens is 2. The monoisotopic (exact) mass is 695 g/mol. The Morgan fingerprint density at radius 3 is 2.15 bits per heavy atom. The van der Waals surface area contributed by atoms with Gasteiger partial charge in [0.15, 0.2) is 0 Å². The maximum absolute atomic E-state index is 14.7. The molecule has 0 saturated carbocycles. The van der Waals surface area contributed by atoms with E-state index < -0.39 is 28.5 Å². The molecule has 0 saturated heterocycles. The third-order valence-corrected chi connectivity index (χ3v) is 9.89. The number of ether oxygens (including phenoxy) is 1. The van der Waals surface area contributed by atoms with Crippen LogP contribution in [-0.2, 0) is 32.6 Å². The molecule has 0 aliphatic carbocycles. The zero-order valence-electron chi connectivity index (χ0n) is 26.6. The van der Waals surface area contributed by atoms with Gasteiger partial charge < -0.3 is 15.0 Å². The van der Waals surface area contributed by atoms with Gasteiger partial charge in [-0.1, -0.05) is 84.7 Å². The van der Waals surface area contributed by atoms with Crippen molar-refractivity contribution < 1.29 is 22.7 Å². The molecule has 47 heavy (non-hydrogen) atoms. The summed E-state index contributed by atoms with van der Waals surface area (Å²) in [6, 6.07) is 27.7. The summed E-state index contributed by atoms with van der Waals surface area (Å²) in [7, 11) is -4.32. The van der Waals surface area contributed by atoms with Gasteiger partial charge in [0.2, 0.25) is 11.8 Å². The summed E-state index contributed by atoms with van der Waals surface area (Å²) in [5.74, 6) is -0.647. The lowest BCUT2D eigenvalue weighted by atomic mass is 10.0. The second-order valence-electron chi connectivity index (χ2n) is 11.0. The molecular weight excluding hydrogens is 657 g/mol. The number of benzene rings is 4. The molecule has 248 valence electrons. The summed E-state index contributed by atoms with van der Waals surface area (Å²) in [5, 5.41) is 3.87. The highest BCUT2D eigenvalue weighted by Gasteiger charge is 2.36. The first-order chi connectivity index (χ1) is 22.5. The highest BCUT2D eigenvalue weighted by Crippen LogP contribution is 2.33. The molecule has 2 unspecified atom stereocenters. The molecule has 0 aromatic heterocycles. The minimum absolute atomic E-state index is 0.00671. The van der Waals surface area contributed by atoms with Gasteiger partial charge >= 0.3 is 0 Å². The number of amides is 2. The largest absolute Gasteiger partial charge is 0.492 e. The highest BCUT2D eigenvalue weighted by atomic mass is 35.5. The first-order valence-corrected chi connectivity index (χ1v) is 17.6. The zero-order chi connectivity index (χ0) is 34.0. The summed E-state index contributed by atoms with van der Waals surface area (Å²) < 4.78 is 35.4. The average Bonchev–Trinajstić information content (AvgIpc) is 3.06. The molecule has 0 fully saturated rings. The number of sulfonamides is 1. The number of hydrogen-bond acceptors (Lipinski definition) is 5. The summed E-state index contributed by atoms with van der Waals surface area (Å²) in [5.41, 5.74) is 1.71. The van der Waals surface area contributed by atoms with Gasteiger partial charge in [-0.15, -0.1) is 0 Å². The van der Waals surface area contributed by atoms with Gasteiger partial charge in [0.1, 0.15) is 18.3 Å². The fourth-order valence-electron chi connectivity index (χ4n) is 5.01. The Labute approximate surface area is 287 Å². The van der Waals surface area contributed by atoms with E-state index >= 15 is 0 Å². The van der Waals surface area contributed by atoms with E-state index in [4.69, 9.17) is 27.9 Å². The molecule has 0 aliphatic heterocycles. The van der Waals surface area contributed by atoms with Crippen molar-refractivity contribution >= 4 is 50.7 Å². The van der Waals surface area contributed by atoms with Crippen LogP contribution in [0.25, 0.3) is 0 Å². The van der Waals surface area contributed by atoms with Gasteiger partial charge in [0.25, 0.3) is 10.0 Å². The van der Waals surface area contributed by atoms with E-state index in [1.165, 1.54) is 29.2 Å². The van der Waals surface area contributed by atoms with Crippen molar-refractivity contribution in [2.75, 3.05) is 17.5 Å². The van der Waals surface area contributed by atoms with Gasteiger partial charge in [-0.2, -0.15) is 0 Å². The quantitative estimate of drug-likeness (QED) is 0.143. The molecule has 8 nitrogen and oxygen atoms in total. The number of nitrogens with one attached hydrogen (secondary N) is 1. The van der Waals surface area contributed by atoms with E-state index in [0.29, 0.717) is 22.0 Å². The molecule has 2 atom stereocenters. The Kier molecular flexibility index (Phi) is 12.7. The second-order valence-corrected chi connectivity index (χ2v) is 13.8. The number of anilines is 1. The van der Waals surface area contributed by atoms with Crippen LogP contribution in [-0.4, -0.2) is 50.4 Å². The first-order valence-electron chi connectivity index (χ1n) is 15.4. The number of hydrogen-bond donors (Lipinski definition) is 1. The second kappa shape index (κ2) is 16.7. The molecule has 11 heteroatoms. The van der Waals surface area contributed by atoms with Crippen LogP contribution in [0.5, 0.6) is 5.75 Å². The van der Waals surface area contributed by atoms with Crippen LogP contribution in [0.3, 0.4) is 0 Å². The molecular formula is C36H39Cl2N3O5S. The summed E-state index contributed by atoms with van der Waals surface area (Å²) in [6.45, 7) is 5.31. The Morgan fingerprint density at radius 1 is 0.830 bits per heavy atom. The minimum Gasteiger partial charge on any atom is -0.492 e. The Hall–Kier alpha value is -4.05. The molecule has 4 aromatic carbocycles. The van der Waals surface area contributed by atoms with Crippen LogP contribution < -0.4 is 14.4 Å². The Bertz CT molecular complexity index is 1750. The van der Waals surface area contributed by atoms with Crippen molar-refractivity contribution in [1.82, 2.24) is 10.2 Å². The SMILES string of the molecule is CCOc1ccccc1N(CC(=O)N(Cc1cccc(Cl)c1)C(Cc1ccccc1)C(=O)NC(C)CC)S(=O)(=O)c1ccc(Cl)cc1. The van der Waals surface area contributed by atoms with Gasteiger partial charge in [-0.05, 0) is 79.9 Å². The topological polar surface area (TPSA) is 96.0 Å². The smallest absolute Gasteiger partial charge is 0.264 e. The van der Waals surface area contributed by atoms with Crippen molar-refractivity contribution in [3.8, 4) is 5.75 Å². The van der Waals surface area contributed by atoms with Gasteiger partial charge in [0, 0.05) is 29.1 Å². The van der Waals surface area contributed by atoms with Crippen LogP contribution in [0.1, 0.15) is 38.3 Å². The van der Waals surface area contributed by atoms with E-state index in [-0.39, 0.29) is 47.9 Å². The van der Waals surface area contributed by atoms with Gasteiger partial charge in [-0.3, -0.25) is 13.9 Å². The highest BCUT2D eigenvalue weighted by molar-refractivity contribution is 7.92. The van der Waals surface area contributed by atoms with Crippen LogP contribution >= 0.6 is 23.2 Å². The van der Waals surface area contributed by atoms with Crippen LogP contribution in [0.15, 0.2) is 108 Å². The number of carbonyl (C=O) groups excluding carboxylic acids is 2. The number of para-hydroxylation sites is 2. The fraction of sp³-hybridized carbons (Fsp3) is 0.278. The number of rotatable bonds is 15. The molecule has 0 radical (unpaired) electrons. The predicted octanol–water partition coefficient (Wildman–Crippen LogP) is 7.14. The zero-order valence-corrected chi connectivity index (χ0v) is 28.9. The molecule has 0 heterocycles. The van der Waals surface area contributed by atoms with E-state index in [9.17, 15) is 18.0 Å². The molecule has 2 amide bonds. The molecule has 4 rings (SSSR count). The van der Waals surface area contributed by atoms with Crippen molar-refractivity contribution in [1.29, 1.82) is 0 Å². The third kappa shape index (κ3) is 9.50. The van der Waals surface area contributed by atoms with E-state index in [1.54, 1.807) is 49.4 Å². The molecule has 4 aromatic rings. The first kappa shape index (κ1) is 35.8. The lowest BCUT2D eigenvalue weighted by molar-refractivity contribution is -0.140. The molecule has 1 N–H and O–H groups in total. The average molecular weight is 697 g/mol. The van der Waals surface area contributed by atoms with Crippen LogP contribution in [0.4, 0.5) is 5.69 Å². The lowest BCUT2D eigenvalue weighted by Gasteiger charge is -2.34. The van der Waals surface area contributed by atoms with E-state index in [2.05, 4.69) is 5.32 Å². The fourth-order valence-corrected chi connectivity index (χ4v) is 6.78. The van der Waals surface area contributed by atoms with Gasteiger partial charge in [-0.25, -0.2) is 8.42 Å².